The van der Waals surface area contributed by atoms with Crippen LogP contribution in [0.4, 0.5) is 4.79 Å². The summed E-state index contributed by atoms with van der Waals surface area (Å²) in [5.41, 5.74) is -0.646. The van der Waals surface area contributed by atoms with Crippen molar-refractivity contribution in [3.05, 3.63) is 0 Å². The van der Waals surface area contributed by atoms with Gasteiger partial charge in [-0.3, -0.25) is 4.90 Å². The van der Waals surface area contributed by atoms with Crippen LogP contribution in [0.2, 0.25) is 0 Å². The van der Waals surface area contributed by atoms with Crippen molar-refractivity contribution in [2.75, 3.05) is 0 Å². The van der Waals surface area contributed by atoms with E-state index in [0.717, 1.165) is 6.42 Å². The minimum atomic E-state index is -1.01. The number of carboxylic acids is 1. The molecule has 1 saturated carbocycles. The Morgan fingerprint density at radius 3 is 2.11 bits per heavy atom. The molecular weight excluding hydrogens is 234 g/mol. The molecular formula is C13H23NO4. The van der Waals surface area contributed by atoms with Crippen LogP contribution in [0.3, 0.4) is 0 Å². The van der Waals surface area contributed by atoms with Gasteiger partial charge in [0.05, 0.1) is 0 Å². The summed E-state index contributed by atoms with van der Waals surface area (Å²) >= 11 is 0. The first-order chi connectivity index (χ1) is 7.96. The predicted octanol–water partition coefficient (Wildman–Crippen LogP) is 2.50. The van der Waals surface area contributed by atoms with Crippen LogP contribution < -0.4 is 0 Å². The van der Waals surface area contributed by atoms with Gasteiger partial charge in [-0.1, -0.05) is 13.8 Å². The topological polar surface area (TPSA) is 66.8 Å². The summed E-state index contributed by atoms with van der Waals surface area (Å²) in [4.78, 5) is 24.6. The fourth-order valence-electron chi connectivity index (χ4n) is 1.90. The molecule has 0 aliphatic heterocycles. The van der Waals surface area contributed by atoms with E-state index in [1.807, 2.05) is 13.8 Å². The number of ether oxygens (including phenoxy) is 1. The average molecular weight is 257 g/mol. The zero-order chi connectivity index (χ0) is 14.3. The number of nitrogens with zero attached hydrogens (tertiary/aromatic N) is 1. The van der Waals surface area contributed by atoms with Crippen molar-refractivity contribution >= 4 is 12.1 Å². The third kappa shape index (κ3) is 3.37. The Morgan fingerprint density at radius 1 is 1.39 bits per heavy atom. The van der Waals surface area contributed by atoms with Gasteiger partial charge in [0.2, 0.25) is 0 Å². The maximum Gasteiger partial charge on any atom is 0.411 e. The van der Waals surface area contributed by atoms with Crippen LogP contribution in [0.25, 0.3) is 0 Å². The normalized spacial score (nSPS) is 23.1. The van der Waals surface area contributed by atoms with Crippen molar-refractivity contribution in [3.8, 4) is 0 Å². The van der Waals surface area contributed by atoms with E-state index in [9.17, 15) is 9.59 Å². The maximum absolute atomic E-state index is 12.1. The first kappa shape index (κ1) is 14.8. The highest BCUT2D eigenvalue weighted by Crippen LogP contribution is 2.49. The van der Waals surface area contributed by atoms with Crippen molar-refractivity contribution in [2.45, 2.75) is 65.6 Å². The van der Waals surface area contributed by atoms with Gasteiger partial charge in [0, 0.05) is 6.04 Å². The van der Waals surface area contributed by atoms with Crippen LogP contribution in [0, 0.1) is 5.41 Å². The van der Waals surface area contributed by atoms with Gasteiger partial charge < -0.3 is 9.84 Å². The van der Waals surface area contributed by atoms with E-state index in [2.05, 4.69) is 0 Å². The Bertz CT molecular complexity index is 356. The number of carboxylic acid groups (broad SMARTS) is 1. The lowest BCUT2D eigenvalue weighted by Crippen LogP contribution is -2.48. The summed E-state index contributed by atoms with van der Waals surface area (Å²) < 4.78 is 5.29. The van der Waals surface area contributed by atoms with Crippen LogP contribution in [-0.2, 0) is 9.53 Å². The molecule has 0 aromatic rings. The summed E-state index contributed by atoms with van der Waals surface area (Å²) in [6.45, 7) is 10.9. The minimum Gasteiger partial charge on any atom is -0.480 e. The fraction of sp³-hybridized carbons (Fsp3) is 0.846. The van der Waals surface area contributed by atoms with E-state index in [1.165, 1.54) is 11.8 Å². The van der Waals surface area contributed by atoms with E-state index in [4.69, 9.17) is 9.84 Å². The molecule has 0 spiro atoms. The van der Waals surface area contributed by atoms with Crippen LogP contribution in [0.5, 0.6) is 0 Å². The molecule has 1 amide bonds. The van der Waals surface area contributed by atoms with E-state index in [1.54, 1.807) is 20.8 Å². The Hall–Kier alpha value is -1.26. The van der Waals surface area contributed by atoms with Crippen molar-refractivity contribution in [3.63, 3.8) is 0 Å². The Morgan fingerprint density at radius 2 is 1.83 bits per heavy atom. The molecule has 0 saturated heterocycles. The van der Waals surface area contributed by atoms with Crippen LogP contribution >= 0.6 is 0 Å². The van der Waals surface area contributed by atoms with Crippen LogP contribution in [0.15, 0.2) is 0 Å². The molecule has 2 atom stereocenters. The average Bonchev–Trinajstić information content (AvgIpc) is 2.71. The second-order valence-corrected chi connectivity index (χ2v) is 6.61. The monoisotopic (exact) mass is 257 g/mol. The van der Waals surface area contributed by atoms with Gasteiger partial charge in [-0.25, -0.2) is 9.59 Å². The first-order valence-electron chi connectivity index (χ1n) is 6.20. The van der Waals surface area contributed by atoms with Crippen LogP contribution in [-0.4, -0.2) is 39.8 Å². The third-order valence-electron chi connectivity index (χ3n) is 3.18. The van der Waals surface area contributed by atoms with E-state index >= 15 is 0 Å². The number of hydrogen-bond donors (Lipinski definition) is 1. The van der Waals surface area contributed by atoms with E-state index in [0.29, 0.717) is 0 Å². The molecule has 1 aliphatic carbocycles. The molecule has 0 heterocycles. The van der Waals surface area contributed by atoms with Crippen molar-refractivity contribution in [1.82, 2.24) is 4.90 Å². The Balaban J connectivity index is 2.86. The van der Waals surface area contributed by atoms with Crippen molar-refractivity contribution < 1.29 is 19.4 Å². The molecule has 0 aromatic heterocycles. The zero-order valence-electron chi connectivity index (χ0n) is 12.0. The number of hydrogen-bond acceptors (Lipinski definition) is 3. The summed E-state index contributed by atoms with van der Waals surface area (Å²) in [7, 11) is 0. The Kier molecular flexibility index (Phi) is 3.65. The molecule has 0 radical (unpaired) electrons. The Labute approximate surface area is 108 Å². The first-order valence-corrected chi connectivity index (χ1v) is 6.20. The van der Waals surface area contributed by atoms with Gasteiger partial charge in [-0.05, 0) is 39.5 Å². The van der Waals surface area contributed by atoms with Crippen molar-refractivity contribution in [1.29, 1.82) is 0 Å². The highest BCUT2D eigenvalue weighted by atomic mass is 16.6. The second-order valence-electron chi connectivity index (χ2n) is 6.61. The van der Waals surface area contributed by atoms with Gasteiger partial charge in [0.15, 0.2) is 0 Å². The quantitative estimate of drug-likeness (QED) is 0.843. The second kappa shape index (κ2) is 4.44. The molecule has 5 nitrogen and oxygen atoms in total. The van der Waals surface area contributed by atoms with E-state index < -0.39 is 23.7 Å². The summed E-state index contributed by atoms with van der Waals surface area (Å²) in [5.74, 6) is -1.01. The molecule has 104 valence electrons. The molecule has 0 bridgehead atoms. The molecule has 1 fully saturated rings. The van der Waals surface area contributed by atoms with Gasteiger partial charge in [-0.15, -0.1) is 0 Å². The zero-order valence-corrected chi connectivity index (χ0v) is 12.0. The number of amides is 1. The molecule has 1 N–H and O–H groups in total. The maximum atomic E-state index is 12.1. The van der Waals surface area contributed by atoms with Gasteiger partial charge in [-0.2, -0.15) is 0 Å². The highest BCUT2D eigenvalue weighted by molar-refractivity contribution is 5.80. The lowest BCUT2D eigenvalue weighted by Gasteiger charge is -2.31. The summed E-state index contributed by atoms with van der Waals surface area (Å²) in [5, 5.41) is 9.10. The highest BCUT2D eigenvalue weighted by Gasteiger charge is 2.54. The molecule has 0 unspecified atom stereocenters. The standard InChI is InChI=1S/C13H23NO4/c1-8(10(15)16)14(9-7-13(9,5)6)11(17)18-12(2,3)4/h8-9H,7H2,1-6H3,(H,15,16)/t8-,9+/m0/s1. The number of aliphatic carboxylic acids is 1. The lowest BCUT2D eigenvalue weighted by atomic mass is 10.1. The number of carbonyl (C=O) groups excluding carboxylic acids is 1. The van der Waals surface area contributed by atoms with E-state index in [-0.39, 0.29) is 11.5 Å². The number of carbonyl (C=O) groups is 2. The van der Waals surface area contributed by atoms with Gasteiger partial charge >= 0.3 is 12.1 Å². The third-order valence-corrected chi connectivity index (χ3v) is 3.18. The molecule has 1 aliphatic rings. The van der Waals surface area contributed by atoms with Gasteiger partial charge in [0.25, 0.3) is 0 Å². The summed E-state index contributed by atoms with van der Waals surface area (Å²) in [6.07, 6.45) is 0.261. The van der Waals surface area contributed by atoms with Crippen LogP contribution in [0.1, 0.15) is 48.0 Å². The lowest BCUT2D eigenvalue weighted by molar-refractivity contribution is -0.142. The fourth-order valence-corrected chi connectivity index (χ4v) is 1.90. The molecule has 1 rings (SSSR count). The molecule has 0 aromatic carbocycles. The largest absolute Gasteiger partial charge is 0.480 e. The van der Waals surface area contributed by atoms with Crippen molar-refractivity contribution in [2.24, 2.45) is 5.41 Å². The smallest absolute Gasteiger partial charge is 0.411 e. The summed E-state index contributed by atoms with van der Waals surface area (Å²) in [6, 6.07) is -0.926. The molecule has 18 heavy (non-hydrogen) atoms. The SMILES string of the molecule is C[C@@H](C(=O)O)N(C(=O)OC(C)(C)C)[C@@H]1CC1(C)C. The molecule has 5 heteroatoms. The predicted molar refractivity (Wildman–Crippen MR) is 67.4 cm³/mol. The number of rotatable bonds is 3. The van der Waals surface area contributed by atoms with Gasteiger partial charge in [0.1, 0.15) is 11.6 Å². The minimum absolute atomic E-state index is 0.0272.